The highest BCUT2D eigenvalue weighted by molar-refractivity contribution is 14.1. The Balaban J connectivity index is 1.45. The van der Waals surface area contributed by atoms with E-state index in [-0.39, 0.29) is 28.8 Å². The number of amides is 3. The molecule has 1 N–H and O–H groups in total. The lowest BCUT2D eigenvalue weighted by Gasteiger charge is -2.16. The van der Waals surface area contributed by atoms with Crippen LogP contribution in [0.1, 0.15) is 16.7 Å². The molecule has 1 saturated heterocycles. The standard InChI is InChI=1S/C27H18F4I2N2O5S/c1-39-21-7-4-16(27(29,30)31)11-20(21)34-23(36)12-35-25(37)22(41-26(35)38)10-15-8-18(32)24(19(33)9-15)40-13-14-2-5-17(28)6-3-14/h2-11H,12-13H2,1H3,(H,34,36)/b22-10-. The van der Waals surface area contributed by atoms with Crippen molar-refractivity contribution in [3.05, 3.63) is 89.2 Å². The quantitative estimate of drug-likeness (QED) is 0.146. The molecule has 1 fully saturated rings. The van der Waals surface area contributed by atoms with Crippen LogP contribution in [0.25, 0.3) is 6.08 Å². The van der Waals surface area contributed by atoms with Crippen molar-refractivity contribution in [3.8, 4) is 11.5 Å². The number of nitrogens with one attached hydrogen (secondary N) is 1. The van der Waals surface area contributed by atoms with Crippen molar-refractivity contribution in [2.45, 2.75) is 12.8 Å². The van der Waals surface area contributed by atoms with E-state index in [1.807, 2.05) is 0 Å². The lowest BCUT2D eigenvalue weighted by atomic mass is 10.1. The Morgan fingerprint density at radius 1 is 1.05 bits per heavy atom. The number of imide groups is 1. The van der Waals surface area contributed by atoms with Crippen molar-refractivity contribution < 1.29 is 41.4 Å². The summed E-state index contributed by atoms with van der Waals surface area (Å²) < 4.78 is 64.8. The Bertz CT molecular complexity index is 1520. The molecule has 3 amide bonds. The lowest BCUT2D eigenvalue weighted by Crippen LogP contribution is -2.36. The molecule has 3 aromatic carbocycles. The summed E-state index contributed by atoms with van der Waals surface area (Å²) in [7, 11) is 1.23. The monoisotopic (exact) mass is 812 g/mol. The largest absolute Gasteiger partial charge is 0.495 e. The molecule has 0 radical (unpaired) electrons. The van der Waals surface area contributed by atoms with E-state index in [0.717, 1.165) is 24.8 Å². The predicted octanol–water partition coefficient (Wildman–Crippen LogP) is 7.32. The minimum atomic E-state index is -4.65. The molecular formula is C27H18F4I2N2O5S. The van der Waals surface area contributed by atoms with Gasteiger partial charge in [0.1, 0.15) is 30.5 Å². The highest BCUT2D eigenvalue weighted by atomic mass is 127. The number of hydrogen-bond acceptors (Lipinski definition) is 6. The Morgan fingerprint density at radius 3 is 2.32 bits per heavy atom. The summed E-state index contributed by atoms with van der Waals surface area (Å²) in [6.45, 7) is -0.481. The van der Waals surface area contributed by atoms with Crippen LogP contribution in [-0.2, 0) is 22.4 Å². The minimum Gasteiger partial charge on any atom is -0.495 e. The van der Waals surface area contributed by atoms with Gasteiger partial charge in [-0.25, -0.2) is 4.39 Å². The van der Waals surface area contributed by atoms with Gasteiger partial charge in [0.05, 0.1) is 30.4 Å². The SMILES string of the molecule is COc1ccc(C(F)(F)F)cc1NC(=O)CN1C(=O)S/C(=C\c2cc(I)c(OCc3ccc(F)cc3)c(I)c2)C1=O. The van der Waals surface area contributed by atoms with E-state index in [4.69, 9.17) is 9.47 Å². The van der Waals surface area contributed by atoms with E-state index in [1.54, 1.807) is 24.3 Å². The maximum atomic E-state index is 13.1. The van der Waals surface area contributed by atoms with E-state index >= 15 is 0 Å². The van der Waals surface area contributed by atoms with E-state index in [0.29, 0.717) is 34.0 Å². The zero-order valence-corrected chi connectivity index (χ0v) is 26.0. The second-order valence-electron chi connectivity index (χ2n) is 8.46. The Hall–Kier alpha value is -2.86. The number of rotatable bonds is 8. The summed E-state index contributed by atoms with van der Waals surface area (Å²) in [6, 6.07) is 12.0. The normalized spacial score (nSPS) is 14.5. The van der Waals surface area contributed by atoms with Gasteiger partial charge in [-0.2, -0.15) is 13.2 Å². The molecule has 0 bridgehead atoms. The van der Waals surface area contributed by atoms with E-state index < -0.39 is 35.3 Å². The molecule has 0 saturated carbocycles. The fourth-order valence-corrected chi connectivity index (χ4v) is 6.61. The van der Waals surface area contributed by atoms with Gasteiger partial charge in [0.2, 0.25) is 5.91 Å². The molecule has 0 spiro atoms. The van der Waals surface area contributed by atoms with Crippen LogP contribution in [0.2, 0.25) is 0 Å². The summed E-state index contributed by atoms with van der Waals surface area (Å²) in [5.41, 5.74) is 0.141. The van der Waals surface area contributed by atoms with E-state index in [2.05, 4.69) is 50.5 Å². The third-order valence-electron chi connectivity index (χ3n) is 5.59. The minimum absolute atomic E-state index is 0.0188. The summed E-state index contributed by atoms with van der Waals surface area (Å²) in [5, 5.41) is 1.58. The second kappa shape index (κ2) is 13.0. The van der Waals surface area contributed by atoms with Crippen molar-refractivity contribution in [2.24, 2.45) is 0 Å². The Morgan fingerprint density at radius 2 is 1.71 bits per heavy atom. The molecule has 1 aliphatic heterocycles. The number of halogens is 6. The average Bonchev–Trinajstić information content (AvgIpc) is 3.15. The first-order chi connectivity index (χ1) is 19.3. The third-order valence-corrected chi connectivity index (χ3v) is 8.10. The fraction of sp³-hybridized carbons (Fsp3) is 0.148. The summed E-state index contributed by atoms with van der Waals surface area (Å²) in [4.78, 5) is 38.9. The van der Waals surface area contributed by atoms with Crippen molar-refractivity contribution >= 4 is 85.8 Å². The molecule has 0 aliphatic carbocycles. The number of hydrogen-bond donors (Lipinski definition) is 1. The van der Waals surface area contributed by atoms with Crippen molar-refractivity contribution in [2.75, 3.05) is 19.0 Å². The molecule has 0 aromatic heterocycles. The lowest BCUT2D eigenvalue weighted by molar-refractivity contribution is -0.137. The smallest absolute Gasteiger partial charge is 0.416 e. The van der Waals surface area contributed by atoms with Crippen molar-refractivity contribution in [3.63, 3.8) is 0 Å². The maximum absolute atomic E-state index is 13.1. The van der Waals surface area contributed by atoms with Crippen molar-refractivity contribution in [1.82, 2.24) is 4.90 Å². The first kappa shape index (κ1) is 31.1. The highest BCUT2D eigenvalue weighted by Gasteiger charge is 2.37. The number of methoxy groups -OCH3 is 1. The number of carbonyl (C=O) groups excluding carboxylic acids is 3. The van der Waals surface area contributed by atoms with Crippen LogP contribution in [0.3, 0.4) is 0 Å². The number of anilines is 1. The number of nitrogens with zero attached hydrogens (tertiary/aromatic N) is 1. The molecule has 41 heavy (non-hydrogen) atoms. The molecule has 214 valence electrons. The summed E-state index contributed by atoms with van der Waals surface area (Å²) in [5.74, 6) is -1.36. The van der Waals surface area contributed by atoms with Gasteiger partial charge in [-0.3, -0.25) is 19.3 Å². The zero-order valence-electron chi connectivity index (χ0n) is 20.9. The maximum Gasteiger partial charge on any atom is 0.416 e. The molecule has 0 unspecified atom stereocenters. The summed E-state index contributed by atoms with van der Waals surface area (Å²) >= 11 is 4.80. The van der Waals surface area contributed by atoms with Crippen LogP contribution in [0.15, 0.2) is 59.5 Å². The molecule has 4 rings (SSSR count). The first-order valence-electron chi connectivity index (χ1n) is 11.5. The van der Waals surface area contributed by atoms with Crippen molar-refractivity contribution in [1.29, 1.82) is 0 Å². The van der Waals surface area contributed by atoms with Gasteiger partial charge in [0.15, 0.2) is 0 Å². The molecule has 7 nitrogen and oxygen atoms in total. The Labute approximate surface area is 262 Å². The van der Waals surface area contributed by atoms with Crippen LogP contribution in [0.5, 0.6) is 11.5 Å². The number of carbonyl (C=O) groups is 3. The average molecular weight is 812 g/mol. The van der Waals surface area contributed by atoms with Gasteiger partial charge in [0, 0.05) is 0 Å². The number of ether oxygens (including phenoxy) is 2. The van der Waals surface area contributed by atoms with Gasteiger partial charge in [-0.05, 0) is 117 Å². The van der Waals surface area contributed by atoms with E-state index in [9.17, 15) is 31.9 Å². The zero-order chi connectivity index (χ0) is 29.9. The number of alkyl halides is 3. The van der Waals surface area contributed by atoms with Gasteiger partial charge >= 0.3 is 6.18 Å². The Kier molecular flexibility index (Phi) is 9.84. The van der Waals surface area contributed by atoms with Gasteiger partial charge in [0.25, 0.3) is 11.1 Å². The van der Waals surface area contributed by atoms with Gasteiger partial charge < -0.3 is 14.8 Å². The second-order valence-corrected chi connectivity index (χ2v) is 11.8. The molecular weight excluding hydrogens is 794 g/mol. The predicted molar refractivity (Wildman–Crippen MR) is 162 cm³/mol. The topological polar surface area (TPSA) is 84.9 Å². The molecule has 1 aliphatic rings. The molecule has 0 atom stereocenters. The highest BCUT2D eigenvalue weighted by Crippen LogP contribution is 2.37. The van der Waals surface area contributed by atoms with Crippen LogP contribution >= 0.6 is 56.9 Å². The van der Waals surface area contributed by atoms with Crippen LogP contribution in [0, 0.1) is 13.0 Å². The number of benzene rings is 3. The molecule has 3 aromatic rings. The summed E-state index contributed by atoms with van der Waals surface area (Å²) in [6.07, 6.45) is -3.14. The number of thioether (sulfide) groups is 1. The van der Waals surface area contributed by atoms with E-state index in [1.165, 1.54) is 25.3 Å². The van der Waals surface area contributed by atoms with Gasteiger partial charge in [-0.1, -0.05) is 12.1 Å². The molecule has 1 heterocycles. The van der Waals surface area contributed by atoms with Crippen LogP contribution in [0.4, 0.5) is 28.0 Å². The van der Waals surface area contributed by atoms with Crippen LogP contribution < -0.4 is 14.8 Å². The first-order valence-corrected chi connectivity index (χ1v) is 14.5. The van der Waals surface area contributed by atoms with Gasteiger partial charge in [-0.15, -0.1) is 0 Å². The van der Waals surface area contributed by atoms with Crippen LogP contribution in [-0.4, -0.2) is 35.6 Å². The fourth-order valence-electron chi connectivity index (χ4n) is 3.64. The molecule has 14 heteroatoms. The third kappa shape index (κ3) is 7.71.